The Morgan fingerprint density at radius 3 is 2.46 bits per heavy atom. The summed E-state index contributed by atoms with van der Waals surface area (Å²) in [6.45, 7) is 3.35. The third-order valence-electron chi connectivity index (χ3n) is 4.01. The molecule has 146 valence electrons. The summed E-state index contributed by atoms with van der Waals surface area (Å²) >= 11 is 11.8. The van der Waals surface area contributed by atoms with Gasteiger partial charge in [-0.3, -0.25) is 15.1 Å². The van der Waals surface area contributed by atoms with Crippen molar-refractivity contribution < 1.29 is 22.8 Å². The fourth-order valence-corrected chi connectivity index (χ4v) is 3.24. The molecule has 0 aliphatic carbocycles. The summed E-state index contributed by atoms with van der Waals surface area (Å²) in [7, 11) is 0. The Morgan fingerprint density at radius 1 is 1.18 bits per heavy atom. The minimum Gasteiger partial charge on any atom is -0.323 e. The van der Waals surface area contributed by atoms with E-state index in [1.165, 1.54) is 12.1 Å². The molecule has 1 heterocycles. The van der Waals surface area contributed by atoms with Crippen molar-refractivity contribution in [2.24, 2.45) is 0 Å². The van der Waals surface area contributed by atoms with Gasteiger partial charge in [0.15, 0.2) is 0 Å². The third-order valence-corrected chi connectivity index (χ3v) is 4.45. The molecule has 1 aliphatic rings. The molecular formula is C19H13Cl2F3N2O2. The van der Waals surface area contributed by atoms with E-state index in [9.17, 15) is 18.0 Å². The van der Waals surface area contributed by atoms with Gasteiger partial charge in [-0.25, -0.2) is 0 Å². The number of rotatable bonds is 4. The third kappa shape index (κ3) is 3.87. The first-order chi connectivity index (χ1) is 13.1. The van der Waals surface area contributed by atoms with E-state index in [-0.39, 0.29) is 21.3 Å². The number of carbonyl (C=O) groups excluding carboxylic acids is 1. The molecule has 2 N–H and O–H groups in total. The monoisotopic (exact) mass is 428 g/mol. The van der Waals surface area contributed by atoms with Crippen LogP contribution < -0.4 is 10.8 Å². The van der Waals surface area contributed by atoms with Crippen molar-refractivity contribution in [3.05, 3.63) is 82.4 Å². The molecule has 0 radical (unpaired) electrons. The maximum atomic E-state index is 14.0. The number of hydrogen-bond acceptors (Lipinski definition) is 3. The van der Waals surface area contributed by atoms with E-state index in [1.807, 2.05) is 0 Å². The van der Waals surface area contributed by atoms with E-state index in [1.54, 1.807) is 18.2 Å². The molecule has 0 spiro atoms. The Labute approximate surface area is 168 Å². The molecule has 1 unspecified atom stereocenters. The summed E-state index contributed by atoms with van der Waals surface area (Å²) in [6, 6.07) is 9.86. The number of hydrogen-bond donors (Lipinski definition) is 2. The molecule has 4 nitrogen and oxygen atoms in total. The predicted molar refractivity (Wildman–Crippen MR) is 102 cm³/mol. The lowest BCUT2D eigenvalue weighted by Crippen LogP contribution is -2.42. The molecule has 2 aromatic rings. The number of halogens is 5. The second-order valence-corrected chi connectivity index (χ2v) is 6.80. The van der Waals surface area contributed by atoms with Crippen LogP contribution in [0.25, 0.3) is 5.70 Å². The van der Waals surface area contributed by atoms with Crippen LogP contribution in [0.2, 0.25) is 10.0 Å². The van der Waals surface area contributed by atoms with Crippen molar-refractivity contribution in [3.8, 4) is 0 Å². The number of carbonyl (C=O) groups is 1. The Balaban J connectivity index is 2.06. The summed E-state index contributed by atoms with van der Waals surface area (Å²) < 4.78 is 42.0. The molecular weight excluding hydrogens is 416 g/mol. The smallest absolute Gasteiger partial charge is 0.323 e. The van der Waals surface area contributed by atoms with Gasteiger partial charge in [-0.2, -0.15) is 13.2 Å². The molecule has 0 saturated carbocycles. The molecule has 0 bridgehead atoms. The van der Waals surface area contributed by atoms with Gasteiger partial charge in [0.25, 0.3) is 0 Å². The van der Waals surface area contributed by atoms with Crippen LogP contribution in [0.3, 0.4) is 0 Å². The molecule has 28 heavy (non-hydrogen) atoms. The van der Waals surface area contributed by atoms with Crippen molar-refractivity contribution in [2.45, 2.75) is 11.8 Å². The predicted octanol–water partition coefficient (Wildman–Crippen LogP) is 5.45. The summed E-state index contributed by atoms with van der Waals surface area (Å²) in [6.07, 6.45) is -2.81. The highest BCUT2D eigenvalue weighted by atomic mass is 35.5. The molecule has 1 atom stereocenters. The minimum absolute atomic E-state index is 0.0470. The van der Waals surface area contributed by atoms with Gasteiger partial charge in [0.05, 0.1) is 5.70 Å². The number of anilines is 1. The zero-order valence-electron chi connectivity index (χ0n) is 14.1. The first-order valence-electron chi connectivity index (χ1n) is 7.88. The van der Waals surface area contributed by atoms with Gasteiger partial charge < -0.3 is 5.32 Å². The summed E-state index contributed by atoms with van der Waals surface area (Å²) in [5.41, 5.74) is 0.114. The van der Waals surface area contributed by atoms with Gasteiger partial charge in [-0.05, 0) is 42.5 Å². The lowest BCUT2D eigenvalue weighted by molar-refractivity contribution is -0.269. The average Bonchev–Trinajstić information content (AvgIpc) is 3.08. The van der Waals surface area contributed by atoms with Crippen molar-refractivity contribution >= 4 is 40.5 Å². The van der Waals surface area contributed by atoms with Crippen molar-refractivity contribution in [1.82, 2.24) is 5.48 Å². The van der Waals surface area contributed by atoms with Gasteiger partial charge >= 0.3 is 6.18 Å². The van der Waals surface area contributed by atoms with Gasteiger partial charge in [0.2, 0.25) is 11.5 Å². The first-order valence-corrected chi connectivity index (χ1v) is 8.64. The fraction of sp³-hybridized carbons (Fsp3) is 0.105. The van der Waals surface area contributed by atoms with E-state index in [0.29, 0.717) is 11.3 Å². The Kier molecular flexibility index (Phi) is 5.43. The van der Waals surface area contributed by atoms with E-state index in [2.05, 4.69) is 17.4 Å². The second-order valence-electron chi connectivity index (χ2n) is 5.93. The van der Waals surface area contributed by atoms with Crippen LogP contribution in [0, 0.1) is 0 Å². The topological polar surface area (TPSA) is 50.4 Å². The van der Waals surface area contributed by atoms with Crippen LogP contribution in [0.15, 0.2) is 61.2 Å². The van der Waals surface area contributed by atoms with E-state index >= 15 is 0 Å². The highest BCUT2D eigenvalue weighted by Gasteiger charge is 2.59. The maximum absolute atomic E-state index is 14.0. The number of hydroxylamine groups is 1. The standard InChI is InChI=1S/C19H13Cl2F3N2O2/c1-2-17(27)25-15-5-3-4-11(6-15)16-10-18(28-26-16,19(22,23)24)12-7-13(20)9-14(21)8-12/h2-10,26H,1H2,(H,25,27). The van der Waals surface area contributed by atoms with Crippen molar-refractivity contribution in [2.75, 3.05) is 5.32 Å². The summed E-state index contributed by atoms with van der Waals surface area (Å²) in [5, 5.41) is 2.64. The molecule has 0 fully saturated rings. The normalized spacial score (nSPS) is 19.0. The summed E-state index contributed by atoms with van der Waals surface area (Å²) in [5.74, 6) is -0.444. The average molecular weight is 429 g/mol. The van der Waals surface area contributed by atoms with E-state index in [0.717, 1.165) is 24.3 Å². The largest absolute Gasteiger partial charge is 0.428 e. The van der Waals surface area contributed by atoms with Crippen LogP contribution >= 0.6 is 23.2 Å². The zero-order chi connectivity index (χ0) is 20.5. The highest BCUT2D eigenvalue weighted by Crippen LogP contribution is 2.48. The van der Waals surface area contributed by atoms with Crippen molar-refractivity contribution in [3.63, 3.8) is 0 Å². The van der Waals surface area contributed by atoms with Gasteiger partial charge in [-0.15, -0.1) is 0 Å². The van der Waals surface area contributed by atoms with Crippen LogP contribution in [0.5, 0.6) is 0 Å². The molecule has 0 aromatic heterocycles. The highest BCUT2D eigenvalue weighted by molar-refractivity contribution is 6.34. The van der Waals surface area contributed by atoms with Crippen molar-refractivity contribution in [1.29, 1.82) is 0 Å². The van der Waals surface area contributed by atoms with E-state index in [4.69, 9.17) is 28.0 Å². The Morgan fingerprint density at radius 2 is 1.86 bits per heavy atom. The zero-order valence-corrected chi connectivity index (χ0v) is 15.6. The van der Waals surface area contributed by atoms with Gasteiger partial charge in [0, 0.05) is 26.9 Å². The van der Waals surface area contributed by atoms with Crippen LogP contribution in [-0.2, 0) is 15.2 Å². The second kappa shape index (κ2) is 7.50. The number of amides is 1. The Hall–Kier alpha value is -2.48. The minimum atomic E-state index is -4.80. The lowest BCUT2D eigenvalue weighted by Gasteiger charge is -2.28. The lowest BCUT2D eigenvalue weighted by atomic mass is 9.91. The summed E-state index contributed by atoms with van der Waals surface area (Å²) in [4.78, 5) is 16.5. The fourth-order valence-electron chi connectivity index (χ4n) is 2.71. The molecule has 0 saturated heterocycles. The van der Waals surface area contributed by atoms with Crippen LogP contribution in [0.4, 0.5) is 18.9 Å². The van der Waals surface area contributed by atoms with Crippen LogP contribution in [-0.4, -0.2) is 12.1 Å². The van der Waals surface area contributed by atoms with Gasteiger partial charge in [0.1, 0.15) is 0 Å². The number of nitrogens with one attached hydrogen (secondary N) is 2. The number of benzene rings is 2. The first kappa shape index (κ1) is 20.3. The number of alkyl halides is 3. The molecule has 2 aromatic carbocycles. The molecule has 3 rings (SSSR count). The van der Waals surface area contributed by atoms with E-state index < -0.39 is 17.7 Å². The molecule has 1 aliphatic heterocycles. The maximum Gasteiger partial charge on any atom is 0.428 e. The van der Waals surface area contributed by atoms with Gasteiger partial charge in [-0.1, -0.05) is 41.9 Å². The van der Waals surface area contributed by atoms with Crippen LogP contribution in [0.1, 0.15) is 11.1 Å². The molecule has 1 amide bonds. The molecule has 9 heteroatoms. The SMILES string of the molecule is C=CC(=O)Nc1cccc(C2=CC(c3cc(Cl)cc(Cl)c3)(C(F)(F)F)ON2)c1. The Bertz CT molecular complexity index is 956. The quantitative estimate of drug-likeness (QED) is 0.636.